The Morgan fingerprint density at radius 2 is 1.95 bits per heavy atom. The zero-order valence-electron chi connectivity index (χ0n) is 11.7. The normalized spacial score (nSPS) is 13.1. The minimum Gasteiger partial charge on any atom is -0.385 e. The van der Waals surface area contributed by atoms with Crippen molar-refractivity contribution < 1.29 is 17.9 Å². The highest BCUT2D eigenvalue weighted by Crippen LogP contribution is 2.28. The topological polar surface area (TPSA) is 59.1 Å². The van der Waals surface area contributed by atoms with Gasteiger partial charge in [0.2, 0.25) is 5.82 Å². The van der Waals surface area contributed by atoms with Crippen LogP contribution in [0.3, 0.4) is 0 Å². The van der Waals surface area contributed by atoms with Crippen molar-refractivity contribution >= 4 is 11.6 Å². The Hall–Kier alpha value is -1.57. The first-order valence-corrected chi connectivity index (χ1v) is 6.32. The first-order valence-electron chi connectivity index (χ1n) is 6.32. The molecular weight excluding hydrogens is 273 g/mol. The number of hydrogen-bond acceptors (Lipinski definition) is 5. The molecule has 0 saturated heterocycles. The molecule has 1 atom stereocenters. The molecule has 8 heteroatoms. The summed E-state index contributed by atoms with van der Waals surface area (Å²) in [5, 5.41) is 5.68. The smallest absolute Gasteiger partial charge is 0.385 e. The van der Waals surface area contributed by atoms with Gasteiger partial charge in [0.25, 0.3) is 0 Å². The van der Waals surface area contributed by atoms with Crippen molar-refractivity contribution in [3.63, 3.8) is 0 Å². The van der Waals surface area contributed by atoms with Gasteiger partial charge in [0.1, 0.15) is 11.6 Å². The molecule has 0 saturated carbocycles. The van der Waals surface area contributed by atoms with E-state index >= 15 is 0 Å². The van der Waals surface area contributed by atoms with E-state index in [4.69, 9.17) is 4.74 Å². The van der Waals surface area contributed by atoms with Crippen molar-refractivity contribution in [2.75, 3.05) is 30.9 Å². The summed E-state index contributed by atoms with van der Waals surface area (Å²) in [6, 6.07) is 1.41. The van der Waals surface area contributed by atoms with Crippen LogP contribution in [0.15, 0.2) is 6.07 Å². The van der Waals surface area contributed by atoms with Crippen molar-refractivity contribution in [3.8, 4) is 0 Å². The summed E-state index contributed by atoms with van der Waals surface area (Å²) in [6.07, 6.45) is -3.91. The van der Waals surface area contributed by atoms with E-state index in [2.05, 4.69) is 20.6 Å². The van der Waals surface area contributed by atoms with Gasteiger partial charge in [-0.2, -0.15) is 13.2 Å². The predicted octanol–water partition coefficient (Wildman–Crippen LogP) is 2.76. The number of halogens is 3. The zero-order valence-corrected chi connectivity index (χ0v) is 11.7. The fraction of sp³-hybridized carbons (Fsp3) is 0.667. The maximum Gasteiger partial charge on any atom is 0.451 e. The van der Waals surface area contributed by atoms with Crippen molar-refractivity contribution in [1.82, 2.24) is 9.97 Å². The van der Waals surface area contributed by atoms with Crippen LogP contribution in [0.2, 0.25) is 0 Å². The van der Waals surface area contributed by atoms with Gasteiger partial charge in [-0.3, -0.25) is 0 Å². The van der Waals surface area contributed by atoms with E-state index in [1.807, 2.05) is 6.92 Å². The molecule has 0 spiro atoms. The highest BCUT2D eigenvalue weighted by atomic mass is 19.4. The minimum absolute atomic E-state index is 0.0552. The molecule has 0 aliphatic rings. The van der Waals surface area contributed by atoms with Crippen molar-refractivity contribution in [2.45, 2.75) is 32.5 Å². The van der Waals surface area contributed by atoms with E-state index in [1.165, 1.54) is 6.07 Å². The predicted molar refractivity (Wildman–Crippen MR) is 70.8 cm³/mol. The third kappa shape index (κ3) is 5.20. The monoisotopic (exact) mass is 292 g/mol. The molecular formula is C12H19F3N4O. The second kappa shape index (κ2) is 7.28. The number of methoxy groups -OCH3 is 1. The second-order valence-corrected chi connectivity index (χ2v) is 4.32. The molecule has 1 heterocycles. The lowest BCUT2D eigenvalue weighted by atomic mass is 10.2. The lowest BCUT2D eigenvalue weighted by molar-refractivity contribution is -0.144. The number of rotatable bonds is 7. The highest BCUT2D eigenvalue weighted by Gasteiger charge is 2.35. The molecule has 0 bridgehead atoms. The summed E-state index contributed by atoms with van der Waals surface area (Å²) in [5.74, 6) is -0.861. The Morgan fingerprint density at radius 1 is 1.30 bits per heavy atom. The quantitative estimate of drug-likeness (QED) is 0.809. The number of nitrogens with zero attached hydrogens (tertiary/aromatic N) is 2. The molecule has 1 aromatic heterocycles. The van der Waals surface area contributed by atoms with Gasteiger partial charge in [-0.25, -0.2) is 9.97 Å². The minimum atomic E-state index is -4.57. The number of hydrogen-bond donors (Lipinski definition) is 2. The fourth-order valence-electron chi connectivity index (χ4n) is 1.54. The van der Waals surface area contributed by atoms with E-state index in [1.54, 1.807) is 14.0 Å². The summed E-state index contributed by atoms with van der Waals surface area (Å²) < 4.78 is 43.1. The lowest BCUT2D eigenvalue weighted by Gasteiger charge is -2.16. The van der Waals surface area contributed by atoms with E-state index in [9.17, 15) is 13.2 Å². The average Bonchev–Trinajstić information content (AvgIpc) is 2.35. The van der Waals surface area contributed by atoms with Gasteiger partial charge in [0, 0.05) is 32.4 Å². The number of alkyl halides is 3. The molecule has 1 aromatic rings. The van der Waals surface area contributed by atoms with Crippen LogP contribution in [0.25, 0.3) is 0 Å². The first-order chi connectivity index (χ1) is 9.36. The first kappa shape index (κ1) is 16.5. The molecule has 1 unspecified atom stereocenters. The van der Waals surface area contributed by atoms with Crippen LogP contribution < -0.4 is 10.6 Å². The Labute approximate surface area is 116 Å². The average molecular weight is 292 g/mol. The summed E-state index contributed by atoms with van der Waals surface area (Å²) in [7, 11) is 1.57. The molecule has 0 fully saturated rings. The molecule has 0 aliphatic heterocycles. The number of anilines is 2. The fourth-order valence-corrected chi connectivity index (χ4v) is 1.54. The SMILES string of the molecule is CCNc1cc(NC(C)CCOC)nc(C(F)(F)F)n1. The van der Waals surface area contributed by atoms with Gasteiger partial charge in [-0.1, -0.05) is 0 Å². The van der Waals surface area contributed by atoms with Gasteiger partial charge in [0.05, 0.1) is 0 Å². The van der Waals surface area contributed by atoms with Gasteiger partial charge < -0.3 is 15.4 Å². The standard InChI is InChI=1S/C12H19F3N4O/c1-4-16-9-7-10(17-8(2)5-6-20-3)19-11(18-9)12(13,14)15/h7-8H,4-6H2,1-3H3,(H2,16,17,18,19). The molecule has 20 heavy (non-hydrogen) atoms. The van der Waals surface area contributed by atoms with Crippen LogP contribution in [0, 0.1) is 0 Å². The second-order valence-electron chi connectivity index (χ2n) is 4.32. The molecule has 1 rings (SSSR count). The van der Waals surface area contributed by atoms with Crippen LogP contribution in [0.5, 0.6) is 0 Å². The Morgan fingerprint density at radius 3 is 2.50 bits per heavy atom. The third-order valence-corrected chi connectivity index (χ3v) is 2.49. The largest absolute Gasteiger partial charge is 0.451 e. The molecule has 5 nitrogen and oxygen atoms in total. The number of nitrogens with one attached hydrogen (secondary N) is 2. The molecule has 0 aliphatic carbocycles. The number of aromatic nitrogens is 2. The summed E-state index contributed by atoms with van der Waals surface area (Å²) in [6.45, 7) is 4.63. The van der Waals surface area contributed by atoms with Crippen molar-refractivity contribution in [3.05, 3.63) is 11.9 Å². The maximum atomic E-state index is 12.7. The molecule has 0 radical (unpaired) electrons. The maximum absolute atomic E-state index is 12.7. The van der Waals surface area contributed by atoms with Crippen LogP contribution in [0.1, 0.15) is 26.1 Å². The van der Waals surface area contributed by atoms with Crippen molar-refractivity contribution in [1.29, 1.82) is 0 Å². The van der Waals surface area contributed by atoms with E-state index in [0.29, 0.717) is 19.6 Å². The van der Waals surface area contributed by atoms with Crippen LogP contribution in [-0.4, -0.2) is 36.3 Å². The number of ether oxygens (including phenoxy) is 1. The molecule has 114 valence electrons. The molecule has 0 amide bonds. The molecule has 0 aromatic carbocycles. The Balaban J connectivity index is 2.91. The van der Waals surface area contributed by atoms with Gasteiger partial charge in [0.15, 0.2) is 0 Å². The van der Waals surface area contributed by atoms with Gasteiger partial charge >= 0.3 is 6.18 Å². The Kier molecular flexibility index (Phi) is 6.00. The van der Waals surface area contributed by atoms with Crippen LogP contribution in [-0.2, 0) is 10.9 Å². The summed E-state index contributed by atoms with van der Waals surface area (Å²) in [5.41, 5.74) is 0. The van der Waals surface area contributed by atoms with E-state index in [-0.39, 0.29) is 17.7 Å². The van der Waals surface area contributed by atoms with E-state index in [0.717, 1.165) is 0 Å². The summed E-state index contributed by atoms with van der Waals surface area (Å²) >= 11 is 0. The van der Waals surface area contributed by atoms with Crippen molar-refractivity contribution in [2.24, 2.45) is 0 Å². The van der Waals surface area contributed by atoms with E-state index < -0.39 is 12.0 Å². The Bertz CT molecular complexity index is 426. The highest BCUT2D eigenvalue weighted by molar-refractivity contribution is 5.48. The van der Waals surface area contributed by atoms with Crippen LogP contribution in [0.4, 0.5) is 24.8 Å². The third-order valence-electron chi connectivity index (χ3n) is 2.49. The zero-order chi connectivity index (χ0) is 15.2. The lowest BCUT2D eigenvalue weighted by Crippen LogP contribution is -2.20. The van der Waals surface area contributed by atoms with Gasteiger partial charge in [-0.05, 0) is 20.3 Å². The van der Waals surface area contributed by atoms with Crippen LogP contribution >= 0.6 is 0 Å². The molecule has 2 N–H and O–H groups in total. The summed E-state index contributed by atoms with van der Waals surface area (Å²) in [4.78, 5) is 6.96. The van der Waals surface area contributed by atoms with Gasteiger partial charge in [-0.15, -0.1) is 0 Å².